The molecule has 3 aromatic rings. The Bertz CT molecular complexity index is 976. The lowest BCUT2D eigenvalue weighted by Gasteiger charge is -2.28. The zero-order valence-electron chi connectivity index (χ0n) is 14.3. The molecule has 1 aromatic heterocycles. The van der Waals surface area contributed by atoms with Crippen LogP contribution in [0.15, 0.2) is 42.5 Å². The van der Waals surface area contributed by atoms with E-state index in [1.807, 2.05) is 24.0 Å². The number of carbonyl (C=O) groups excluding carboxylic acids is 1. The summed E-state index contributed by atoms with van der Waals surface area (Å²) in [4.78, 5) is 14.5. The molecule has 1 aliphatic heterocycles. The number of aromatic nitrogens is 1. The number of aryl methyl sites for hydroxylation is 2. The van der Waals surface area contributed by atoms with Gasteiger partial charge in [0.1, 0.15) is 0 Å². The number of rotatable bonds is 1. The molecule has 0 aliphatic carbocycles. The second-order valence-corrected chi connectivity index (χ2v) is 6.97. The second kappa shape index (κ2) is 6.12. The number of hydrogen-bond acceptors (Lipinski definition) is 1. The van der Waals surface area contributed by atoms with Gasteiger partial charge >= 0.3 is 6.03 Å². The molecule has 0 atom stereocenters. The summed E-state index contributed by atoms with van der Waals surface area (Å²) in [6, 6.07) is 13.9. The molecule has 1 N–H and O–H groups in total. The van der Waals surface area contributed by atoms with Gasteiger partial charge in [-0.3, -0.25) is 0 Å². The Morgan fingerprint density at radius 1 is 1.20 bits per heavy atom. The molecular weight excluding hydrogens is 334 g/mol. The number of fused-ring (bicyclic) bond motifs is 3. The van der Waals surface area contributed by atoms with Crippen molar-refractivity contribution in [3.05, 3.63) is 64.3 Å². The minimum atomic E-state index is -0.0847. The molecule has 0 saturated carbocycles. The van der Waals surface area contributed by atoms with Crippen LogP contribution in [0.5, 0.6) is 0 Å². The highest BCUT2D eigenvalue weighted by molar-refractivity contribution is 6.31. The van der Waals surface area contributed by atoms with Gasteiger partial charge in [0.2, 0.25) is 0 Å². The maximum absolute atomic E-state index is 12.7. The van der Waals surface area contributed by atoms with Crippen molar-refractivity contribution in [2.24, 2.45) is 7.05 Å². The van der Waals surface area contributed by atoms with E-state index in [4.69, 9.17) is 11.6 Å². The second-order valence-electron chi connectivity index (χ2n) is 6.57. The lowest BCUT2D eigenvalue weighted by molar-refractivity contribution is 0.206. The van der Waals surface area contributed by atoms with Crippen LogP contribution in [0.3, 0.4) is 0 Å². The molecule has 0 spiro atoms. The number of nitrogens with one attached hydrogen (secondary N) is 1. The average Bonchev–Trinajstić information content (AvgIpc) is 2.91. The molecule has 0 fully saturated rings. The van der Waals surface area contributed by atoms with Crippen LogP contribution in [0.4, 0.5) is 10.5 Å². The summed E-state index contributed by atoms with van der Waals surface area (Å²) in [5.41, 5.74) is 5.52. The van der Waals surface area contributed by atoms with Crippen LogP contribution >= 0.6 is 11.6 Å². The molecule has 4 rings (SSSR count). The van der Waals surface area contributed by atoms with E-state index in [2.05, 4.69) is 41.2 Å². The molecule has 0 radical (unpaired) electrons. The van der Waals surface area contributed by atoms with Gasteiger partial charge in [0.25, 0.3) is 0 Å². The summed E-state index contributed by atoms with van der Waals surface area (Å²) in [5.74, 6) is 0. The molecule has 2 amide bonds. The molecule has 0 saturated heterocycles. The van der Waals surface area contributed by atoms with E-state index < -0.39 is 0 Å². The van der Waals surface area contributed by atoms with Crippen LogP contribution < -0.4 is 5.32 Å². The maximum Gasteiger partial charge on any atom is 0.322 e. The van der Waals surface area contributed by atoms with Gasteiger partial charge in [0.05, 0.1) is 0 Å². The van der Waals surface area contributed by atoms with Crippen LogP contribution in [0.25, 0.3) is 10.9 Å². The summed E-state index contributed by atoms with van der Waals surface area (Å²) in [6.07, 6.45) is 0.864. The molecule has 5 heteroatoms. The van der Waals surface area contributed by atoms with Crippen molar-refractivity contribution in [3.8, 4) is 0 Å². The molecule has 0 bridgehead atoms. The van der Waals surface area contributed by atoms with Gasteiger partial charge in [-0.05, 0) is 30.7 Å². The van der Waals surface area contributed by atoms with Gasteiger partial charge in [0, 0.05) is 59.4 Å². The van der Waals surface area contributed by atoms with Crippen molar-refractivity contribution in [3.63, 3.8) is 0 Å². The third-order valence-electron chi connectivity index (χ3n) is 5.02. The Hall–Kier alpha value is -2.46. The van der Waals surface area contributed by atoms with E-state index in [-0.39, 0.29) is 6.03 Å². The fraction of sp³-hybridized carbons (Fsp3) is 0.250. The van der Waals surface area contributed by atoms with Gasteiger partial charge in [-0.15, -0.1) is 0 Å². The highest BCUT2D eigenvalue weighted by atomic mass is 35.5. The highest BCUT2D eigenvalue weighted by Gasteiger charge is 2.25. The standard InChI is InChI=1S/C20H20ClN3O/c1-13-7-8-14(11-17(13)21)22-20(25)24-10-9-19-16(12-24)15-5-3-4-6-18(15)23(19)2/h3-8,11H,9-10,12H2,1-2H3,(H,22,25). The number of carbonyl (C=O) groups is 1. The first kappa shape index (κ1) is 16.0. The SMILES string of the molecule is Cc1ccc(NC(=O)N2CCc3c(c4ccccc4n3C)C2)cc1Cl. The maximum atomic E-state index is 12.7. The number of halogens is 1. The third kappa shape index (κ3) is 2.76. The normalized spacial score (nSPS) is 13.8. The third-order valence-corrected chi connectivity index (χ3v) is 5.43. The topological polar surface area (TPSA) is 37.3 Å². The molecule has 128 valence electrons. The van der Waals surface area contributed by atoms with Crippen molar-refractivity contribution >= 4 is 34.2 Å². The summed E-state index contributed by atoms with van der Waals surface area (Å²) < 4.78 is 2.25. The number of anilines is 1. The van der Waals surface area contributed by atoms with Crippen LogP contribution in [-0.2, 0) is 20.0 Å². The van der Waals surface area contributed by atoms with Gasteiger partial charge in [-0.2, -0.15) is 0 Å². The minimum Gasteiger partial charge on any atom is -0.347 e. The van der Waals surface area contributed by atoms with Gasteiger partial charge in [0.15, 0.2) is 0 Å². The lowest BCUT2D eigenvalue weighted by atomic mass is 10.0. The Morgan fingerprint density at radius 2 is 2.00 bits per heavy atom. The zero-order chi connectivity index (χ0) is 17.6. The van der Waals surface area contributed by atoms with Gasteiger partial charge in [-0.25, -0.2) is 4.79 Å². The zero-order valence-corrected chi connectivity index (χ0v) is 15.1. The number of urea groups is 1. The van der Waals surface area contributed by atoms with E-state index in [0.29, 0.717) is 18.1 Å². The largest absolute Gasteiger partial charge is 0.347 e. The number of nitrogens with zero attached hydrogens (tertiary/aromatic N) is 2. The molecular formula is C20H20ClN3O. The fourth-order valence-electron chi connectivity index (χ4n) is 3.58. The van der Waals surface area contributed by atoms with E-state index in [0.717, 1.165) is 17.7 Å². The Balaban J connectivity index is 1.58. The highest BCUT2D eigenvalue weighted by Crippen LogP contribution is 2.30. The fourth-order valence-corrected chi connectivity index (χ4v) is 3.76. The summed E-state index contributed by atoms with van der Waals surface area (Å²) >= 11 is 6.15. The molecule has 1 aliphatic rings. The Kier molecular flexibility index (Phi) is 3.92. The smallest absolute Gasteiger partial charge is 0.322 e. The van der Waals surface area contributed by atoms with E-state index in [9.17, 15) is 4.79 Å². The van der Waals surface area contributed by atoms with Crippen LogP contribution in [0.2, 0.25) is 5.02 Å². The molecule has 25 heavy (non-hydrogen) atoms. The van der Waals surface area contributed by atoms with Crippen molar-refractivity contribution in [2.75, 3.05) is 11.9 Å². The lowest BCUT2D eigenvalue weighted by Crippen LogP contribution is -2.39. The predicted octanol–water partition coefficient (Wildman–Crippen LogP) is 4.73. The van der Waals surface area contributed by atoms with Crippen molar-refractivity contribution in [2.45, 2.75) is 19.9 Å². The van der Waals surface area contributed by atoms with Gasteiger partial charge in [-0.1, -0.05) is 35.9 Å². The van der Waals surface area contributed by atoms with Crippen molar-refractivity contribution in [1.82, 2.24) is 9.47 Å². The molecule has 2 heterocycles. The van der Waals surface area contributed by atoms with Crippen LogP contribution in [-0.4, -0.2) is 22.0 Å². The van der Waals surface area contributed by atoms with E-state index in [1.54, 1.807) is 6.07 Å². The van der Waals surface area contributed by atoms with Gasteiger partial charge < -0.3 is 14.8 Å². The van der Waals surface area contributed by atoms with Crippen molar-refractivity contribution < 1.29 is 4.79 Å². The van der Waals surface area contributed by atoms with Crippen LogP contribution in [0, 0.1) is 6.92 Å². The molecule has 2 aromatic carbocycles. The summed E-state index contributed by atoms with van der Waals surface area (Å²) in [7, 11) is 2.10. The quantitative estimate of drug-likeness (QED) is 0.674. The Morgan fingerprint density at radius 3 is 2.80 bits per heavy atom. The Labute approximate surface area is 152 Å². The van der Waals surface area contributed by atoms with E-state index >= 15 is 0 Å². The monoisotopic (exact) mass is 353 g/mol. The minimum absolute atomic E-state index is 0.0847. The van der Waals surface area contributed by atoms with Crippen LogP contribution in [0.1, 0.15) is 16.8 Å². The van der Waals surface area contributed by atoms with Crippen molar-refractivity contribution in [1.29, 1.82) is 0 Å². The molecule has 0 unspecified atom stereocenters. The predicted molar refractivity (Wildman–Crippen MR) is 102 cm³/mol. The molecule has 4 nitrogen and oxygen atoms in total. The number of hydrogen-bond donors (Lipinski definition) is 1. The first-order valence-corrected chi connectivity index (χ1v) is 8.79. The summed E-state index contributed by atoms with van der Waals surface area (Å²) in [5, 5.41) is 4.85. The number of para-hydroxylation sites is 1. The number of amides is 2. The summed E-state index contributed by atoms with van der Waals surface area (Å²) in [6.45, 7) is 3.28. The first-order valence-electron chi connectivity index (χ1n) is 8.42. The van der Waals surface area contributed by atoms with E-state index in [1.165, 1.54) is 22.2 Å². The average molecular weight is 354 g/mol. The number of benzene rings is 2. The first-order chi connectivity index (χ1) is 12.0.